The SMILES string of the molecule is CSc1ccc(NC(=O)C2=C[C@H](O)[C@H](O)[C@@H](O[C@@H](C(N)=O)[C@H]3O[C@@H](n4ccc(=O)[nH]c4=O)[C@H](O)[C@@H]3CO)O2)cc1. The number of nitrogens with two attached hydrogens (primary N) is 1. The summed E-state index contributed by atoms with van der Waals surface area (Å²) in [5, 5.41) is 44.1. The molecule has 3 heterocycles. The van der Waals surface area contributed by atoms with E-state index in [0.29, 0.717) is 5.69 Å². The lowest BCUT2D eigenvalue weighted by molar-refractivity contribution is -0.239. The van der Waals surface area contributed by atoms with Crippen molar-refractivity contribution in [3.8, 4) is 0 Å². The molecule has 15 nitrogen and oxygen atoms in total. The number of nitrogens with zero attached hydrogens (tertiary/aromatic N) is 1. The van der Waals surface area contributed by atoms with E-state index < -0.39 is 84.4 Å². The Morgan fingerprint density at radius 2 is 1.88 bits per heavy atom. The molecule has 8 atom stereocenters. The molecule has 16 heteroatoms. The molecule has 0 unspecified atom stereocenters. The number of H-pyrrole nitrogens is 1. The number of hydrogen-bond acceptors (Lipinski definition) is 12. The average Bonchev–Trinajstić information content (AvgIpc) is 3.24. The maximum absolute atomic E-state index is 12.8. The number of ether oxygens (including phenoxy) is 3. The molecule has 0 spiro atoms. The molecule has 40 heavy (non-hydrogen) atoms. The fourth-order valence-corrected chi connectivity index (χ4v) is 4.73. The Hall–Kier alpha value is -3.51. The molecular weight excluding hydrogens is 552 g/mol. The van der Waals surface area contributed by atoms with E-state index >= 15 is 0 Å². The summed E-state index contributed by atoms with van der Waals surface area (Å²) >= 11 is 1.51. The Morgan fingerprint density at radius 3 is 2.48 bits per heavy atom. The molecule has 0 aliphatic carbocycles. The van der Waals surface area contributed by atoms with Gasteiger partial charge in [0.05, 0.1) is 6.61 Å². The number of aliphatic hydroxyl groups excluding tert-OH is 4. The highest BCUT2D eigenvalue weighted by Crippen LogP contribution is 2.36. The second kappa shape index (κ2) is 12.3. The van der Waals surface area contributed by atoms with Crippen LogP contribution in [-0.2, 0) is 23.8 Å². The molecule has 0 bridgehead atoms. The summed E-state index contributed by atoms with van der Waals surface area (Å²) < 4.78 is 17.6. The molecule has 1 aromatic carbocycles. The first-order chi connectivity index (χ1) is 19.0. The predicted octanol–water partition coefficient (Wildman–Crippen LogP) is -2.40. The van der Waals surface area contributed by atoms with Crippen LogP contribution in [0.1, 0.15) is 6.23 Å². The van der Waals surface area contributed by atoms with E-state index in [-0.39, 0.29) is 0 Å². The standard InChI is InChI=1S/C24H28N4O11S/c1-40-11-4-2-10(3-5-11)26-21(35)14-8-13(30)17(33)23(37-14)39-19(20(25)34)18-12(9-29)16(32)22(38-18)28-7-6-15(31)27-24(28)36/h2-8,12-13,16-19,22-23,29-30,32-33H,9H2,1H3,(H2,25,34)(H,26,35)(H,27,31,36)/t12-,13-,16+,17-,18-,19+,22+,23+/m0/s1. The highest BCUT2D eigenvalue weighted by molar-refractivity contribution is 7.98. The van der Waals surface area contributed by atoms with Gasteiger partial charge in [-0.25, -0.2) is 4.79 Å². The number of benzene rings is 1. The number of carbonyl (C=O) groups excluding carboxylic acids is 2. The minimum Gasteiger partial charge on any atom is -0.456 e. The van der Waals surface area contributed by atoms with Gasteiger partial charge in [0.2, 0.25) is 12.2 Å². The molecule has 4 rings (SSSR count). The fourth-order valence-electron chi connectivity index (χ4n) is 4.32. The van der Waals surface area contributed by atoms with Gasteiger partial charge in [0.15, 0.2) is 18.1 Å². The van der Waals surface area contributed by atoms with Crippen molar-refractivity contribution < 1.29 is 44.2 Å². The van der Waals surface area contributed by atoms with E-state index in [0.717, 1.165) is 27.8 Å². The first-order valence-electron chi connectivity index (χ1n) is 11.9. The van der Waals surface area contributed by atoms with Crippen LogP contribution in [0.3, 0.4) is 0 Å². The zero-order chi connectivity index (χ0) is 29.1. The molecule has 8 N–H and O–H groups in total. The number of rotatable bonds is 9. The van der Waals surface area contributed by atoms with Gasteiger partial charge in [0.1, 0.15) is 24.4 Å². The Bertz CT molecular complexity index is 1380. The van der Waals surface area contributed by atoms with E-state index in [2.05, 4.69) is 5.32 Å². The molecule has 2 amide bonds. The van der Waals surface area contributed by atoms with Crippen molar-refractivity contribution in [2.75, 3.05) is 18.2 Å². The lowest BCUT2D eigenvalue weighted by Gasteiger charge is -2.35. The number of aromatic amines is 1. The lowest BCUT2D eigenvalue weighted by atomic mass is 9.94. The van der Waals surface area contributed by atoms with Crippen molar-refractivity contribution >= 4 is 29.3 Å². The maximum Gasteiger partial charge on any atom is 0.330 e. The number of aliphatic hydroxyl groups is 4. The highest BCUT2D eigenvalue weighted by atomic mass is 32.2. The molecule has 2 aromatic rings. The minimum absolute atomic E-state index is 0.420. The number of thioether (sulfide) groups is 1. The number of aromatic nitrogens is 2. The smallest absolute Gasteiger partial charge is 0.330 e. The zero-order valence-electron chi connectivity index (χ0n) is 20.9. The van der Waals surface area contributed by atoms with Gasteiger partial charge in [-0.3, -0.25) is 23.9 Å². The number of primary amides is 1. The van der Waals surface area contributed by atoms with Crippen LogP contribution in [0.4, 0.5) is 5.69 Å². The summed E-state index contributed by atoms with van der Waals surface area (Å²) in [5.74, 6) is -3.60. The average molecular weight is 581 g/mol. The topological polar surface area (TPSA) is 236 Å². The van der Waals surface area contributed by atoms with E-state index in [1.165, 1.54) is 11.8 Å². The van der Waals surface area contributed by atoms with Crippen LogP contribution in [0, 0.1) is 5.92 Å². The molecule has 2 aliphatic rings. The summed E-state index contributed by atoms with van der Waals surface area (Å²) in [7, 11) is 0. The highest BCUT2D eigenvalue weighted by Gasteiger charge is 2.51. The number of amides is 2. The fraction of sp³-hybridized carbons (Fsp3) is 0.417. The van der Waals surface area contributed by atoms with Crippen LogP contribution >= 0.6 is 11.8 Å². The van der Waals surface area contributed by atoms with Crippen LogP contribution in [0.15, 0.2) is 62.8 Å². The molecular formula is C24H28N4O11S. The second-order valence-corrected chi connectivity index (χ2v) is 9.87. The molecule has 0 radical (unpaired) electrons. The van der Waals surface area contributed by atoms with Crippen molar-refractivity contribution in [1.82, 2.24) is 9.55 Å². The zero-order valence-corrected chi connectivity index (χ0v) is 21.8. The third-order valence-corrected chi connectivity index (χ3v) is 7.15. The molecule has 0 saturated carbocycles. The van der Waals surface area contributed by atoms with Gasteiger partial charge in [-0.1, -0.05) is 0 Å². The summed E-state index contributed by atoms with van der Waals surface area (Å²) in [5.41, 5.74) is 4.30. The maximum atomic E-state index is 12.8. The largest absolute Gasteiger partial charge is 0.456 e. The Morgan fingerprint density at radius 1 is 1.18 bits per heavy atom. The van der Waals surface area contributed by atoms with Crippen LogP contribution in [0.2, 0.25) is 0 Å². The van der Waals surface area contributed by atoms with Crippen molar-refractivity contribution in [1.29, 1.82) is 0 Å². The first-order valence-corrected chi connectivity index (χ1v) is 13.2. The quantitative estimate of drug-likeness (QED) is 0.154. The van der Waals surface area contributed by atoms with Gasteiger partial charge in [-0.2, -0.15) is 0 Å². The Kier molecular flexibility index (Phi) is 9.09. The first kappa shape index (κ1) is 29.5. The monoisotopic (exact) mass is 580 g/mol. The molecule has 216 valence electrons. The van der Waals surface area contributed by atoms with Crippen LogP contribution in [0.5, 0.6) is 0 Å². The molecule has 2 aliphatic heterocycles. The van der Waals surface area contributed by atoms with Gasteiger partial charge in [-0.05, 0) is 36.6 Å². The van der Waals surface area contributed by atoms with E-state index in [1.807, 2.05) is 11.2 Å². The third kappa shape index (κ3) is 6.12. The van der Waals surface area contributed by atoms with Gasteiger partial charge in [-0.15, -0.1) is 11.8 Å². The van der Waals surface area contributed by atoms with Crippen molar-refractivity contribution in [2.24, 2.45) is 11.7 Å². The van der Waals surface area contributed by atoms with E-state index in [1.54, 1.807) is 24.3 Å². The van der Waals surface area contributed by atoms with Crippen molar-refractivity contribution in [3.05, 3.63) is 69.2 Å². The number of hydrogen-bond donors (Lipinski definition) is 7. The summed E-state index contributed by atoms with van der Waals surface area (Å²) in [4.78, 5) is 51.8. The summed E-state index contributed by atoms with van der Waals surface area (Å²) in [6.07, 6.45) is -7.64. The minimum atomic E-state index is -1.81. The molecule has 1 aromatic heterocycles. The van der Waals surface area contributed by atoms with Crippen molar-refractivity contribution in [2.45, 2.75) is 47.9 Å². The number of carbonyl (C=O) groups is 2. The van der Waals surface area contributed by atoms with Crippen molar-refractivity contribution in [3.63, 3.8) is 0 Å². The van der Waals surface area contributed by atoms with Crippen LogP contribution in [0.25, 0.3) is 0 Å². The summed E-state index contributed by atoms with van der Waals surface area (Å²) in [6, 6.07) is 7.86. The van der Waals surface area contributed by atoms with Crippen LogP contribution in [-0.4, -0.2) is 91.5 Å². The van der Waals surface area contributed by atoms with Gasteiger partial charge in [0.25, 0.3) is 11.5 Å². The Balaban J connectivity index is 1.53. The van der Waals surface area contributed by atoms with Gasteiger partial charge in [0, 0.05) is 28.8 Å². The molecule has 1 fully saturated rings. The predicted molar refractivity (Wildman–Crippen MR) is 138 cm³/mol. The molecule has 1 saturated heterocycles. The van der Waals surface area contributed by atoms with Gasteiger partial charge >= 0.3 is 5.69 Å². The second-order valence-electron chi connectivity index (χ2n) is 8.99. The third-order valence-electron chi connectivity index (χ3n) is 6.41. The van der Waals surface area contributed by atoms with Gasteiger partial charge < -0.3 is 45.7 Å². The van der Waals surface area contributed by atoms with E-state index in [9.17, 15) is 39.6 Å². The Labute approximate surface area is 230 Å². The lowest BCUT2D eigenvalue weighted by Crippen LogP contribution is -2.52. The summed E-state index contributed by atoms with van der Waals surface area (Å²) in [6.45, 7) is -0.743. The van der Waals surface area contributed by atoms with Crippen LogP contribution < -0.4 is 22.3 Å². The number of anilines is 1. The normalized spacial score (nSPS) is 28.8. The number of nitrogens with one attached hydrogen (secondary N) is 2. The van der Waals surface area contributed by atoms with E-state index in [4.69, 9.17) is 19.9 Å².